The number of hydrogen-bond acceptors (Lipinski definition) is 3. The summed E-state index contributed by atoms with van der Waals surface area (Å²) in [5.41, 5.74) is 2.83. The van der Waals surface area contributed by atoms with Crippen LogP contribution in [0.3, 0.4) is 0 Å². The molecule has 5 heteroatoms. The molecule has 1 atom stereocenters. The highest BCUT2D eigenvalue weighted by Crippen LogP contribution is 2.23. The van der Waals surface area contributed by atoms with E-state index in [1.165, 1.54) is 0 Å². The summed E-state index contributed by atoms with van der Waals surface area (Å²) in [6, 6.07) is 17.0. The number of hydrogen-bond donors (Lipinski definition) is 2. The molecule has 0 aliphatic carbocycles. The van der Waals surface area contributed by atoms with E-state index in [1.807, 2.05) is 61.5 Å². The second-order valence-electron chi connectivity index (χ2n) is 5.91. The maximum atomic E-state index is 12.2. The summed E-state index contributed by atoms with van der Waals surface area (Å²) in [7, 11) is 0. The molecular weight excluding hydrogens is 302 g/mol. The second-order valence-corrected chi connectivity index (χ2v) is 5.91. The molecular formula is C19H21N3O2. The van der Waals surface area contributed by atoms with E-state index in [1.54, 1.807) is 4.90 Å². The first-order chi connectivity index (χ1) is 11.6. The van der Waals surface area contributed by atoms with Gasteiger partial charge in [-0.25, -0.2) is 0 Å². The van der Waals surface area contributed by atoms with Gasteiger partial charge in [0.05, 0.1) is 0 Å². The Hall–Kier alpha value is -2.82. The first-order valence-electron chi connectivity index (χ1n) is 8.12. The maximum absolute atomic E-state index is 12.2. The van der Waals surface area contributed by atoms with Crippen LogP contribution in [0.25, 0.3) is 0 Å². The quantitative estimate of drug-likeness (QED) is 0.803. The van der Waals surface area contributed by atoms with Gasteiger partial charge in [-0.1, -0.05) is 30.3 Å². The lowest BCUT2D eigenvalue weighted by Gasteiger charge is -2.30. The summed E-state index contributed by atoms with van der Waals surface area (Å²) in [5.74, 6) is 0.102. The summed E-state index contributed by atoms with van der Waals surface area (Å²) >= 11 is 0. The average molecular weight is 323 g/mol. The first-order valence-corrected chi connectivity index (χ1v) is 8.12. The third-order valence-corrected chi connectivity index (χ3v) is 4.12. The van der Waals surface area contributed by atoms with Crippen LogP contribution in [-0.4, -0.2) is 24.4 Å². The van der Waals surface area contributed by atoms with Crippen LogP contribution in [-0.2, 0) is 16.1 Å². The Morgan fingerprint density at radius 1 is 1.12 bits per heavy atom. The van der Waals surface area contributed by atoms with Crippen molar-refractivity contribution in [3.63, 3.8) is 0 Å². The number of benzene rings is 2. The van der Waals surface area contributed by atoms with Crippen molar-refractivity contribution < 1.29 is 9.59 Å². The normalized spacial score (nSPS) is 14.7. The fourth-order valence-electron chi connectivity index (χ4n) is 2.58. The lowest BCUT2D eigenvalue weighted by molar-refractivity contribution is -0.122. The SMILES string of the molecule is CC(Nc1ccc(N2CCC2=O)cc1)C(=O)NCc1ccccc1. The summed E-state index contributed by atoms with van der Waals surface area (Å²) in [4.78, 5) is 25.3. The van der Waals surface area contributed by atoms with Gasteiger partial charge in [-0.3, -0.25) is 9.59 Å². The highest BCUT2D eigenvalue weighted by molar-refractivity contribution is 5.99. The van der Waals surface area contributed by atoms with Gasteiger partial charge in [-0.15, -0.1) is 0 Å². The zero-order chi connectivity index (χ0) is 16.9. The Bertz CT molecular complexity index is 713. The van der Waals surface area contributed by atoms with Gasteiger partial charge in [-0.2, -0.15) is 0 Å². The van der Waals surface area contributed by atoms with Crippen molar-refractivity contribution in [1.82, 2.24) is 5.32 Å². The first kappa shape index (κ1) is 16.1. The zero-order valence-corrected chi connectivity index (χ0v) is 13.7. The third kappa shape index (κ3) is 3.74. The van der Waals surface area contributed by atoms with Crippen molar-refractivity contribution in [2.24, 2.45) is 0 Å². The molecule has 1 aliphatic rings. The number of nitrogens with one attached hydrogen (secondary N) is 2. The predicted octanol–water partition coefficient (Wildman–Crippen LogP) is 2.54. The Balaban J connectivity index is 1.51. The van der Waals surface area contributed by atoms with Crippen molar-refractivity contribution >= 4 is 23.2 Å². The standard InChI is InChI=1S/C19H21N3O2/c1-14(19(24)20-13-15-5-3-2-4-6-15)21-16-7-9-17(10-8-16)22-12-11-18(22)23/h2-10,14,21H,11-13H2,1H3,(H,20,24). The molecule has 2 amide bonds. The Morgan fingerprint density at radius 2 is 1.83 bits per heavy atom. The minimum atomic E-state index is -0.342. The molecule has 0 radical (unpaired) electrons. The van der Waals surface area contributed by atoms with Gasteiger partial charge in [-0.05, 0) is 36.8 Å². The molecule has 0 spiro atoms. The number of anilines is 2. The smallest absolute Gasteiger partial charge is 0.242 e. The van der Waals surface area contributed by atoms with Gasteiger partial charge in [0.25, 0.3) is 0 Å². The second kappa shape index (κ2) is 7.17. The van der Waals surface area contributed by atoms with Gasteiger partial charge >= 0.3 is 0 Å². The minimum Gasteiger partial charge on any atom is -0.374 e. The van der Waals surface area contributed by atoms with Crippen LogP contribution in [0.15, 0.2) is 54.6 Å². The van der Waals surface area contributed by atoms with E-state index in [0.717, 1.165) is 23.5 Å². The lowest BCUT2D eigenvalue weighted by Crippen LogP contribution is -2.43. The number of rotatable bonds is 6. The Kier molecular flexibility index (Phi) is 4.79. The molecule has 0 saturated carbocycles. The van der Waals surface area contributed by atoms with Gasteiger partial charge in [0.1, 0.15) is 6.04 Å². The van der Waals surface area contributed by atoms with Crippen LogP contribution in [0.5, 0.6) is 0 Å². The van der Waals surface area contributed by atoms with E-state index < -0.39 is 0 Å². The molecule has 5 nitrogen and oxygen atoms in total. The van der Waals surface area contributed by atoms with Crippen LogP contribution >= 0.6 is 0 Å². The largest absolute Gasteiger partial charge is 0.374 e. The maximum Gasteiger partial charge on any atom is 0.242 e. The summed E-state index contributed by atoms with van der Waals surface area (Å²) in [5, 5.41) is 6.09. The van der Waals surface area contributed by atoms with E-state index in [-0.39, 0.29) is 17.9 Å². The van der Waals surface area contributed by atoms with Gasteiger partial charge in [0.15, 0.2) is 0 Å². The number of amides is 2. The molecule has 0 aromatic heterocycles. The predicted molar refractivity (Wildman–Crippen MR) is 94.8 cm³/mol. The van der Waals surface area contributed by atoms with Crippen LogP contribution in [0.4, 0.5) is 11.4 Å². The zero-order valence-electron chi connectivity index (χ0n) is 13.7. The summed E-state index contributed by atoms with van der Waals surface area (Å²) in [6.45, 7) is 3.12. The van der Waals surface area contributed by atoms with E-state index in [9.17, 15) is 9.59 Å². The van der Waals surface area contributed by atoms with Crippen molar-refractivity contribution in [1.29, 1.82) is 0 Å². The van der Waals surface area contributed by atoms with Crippen LogP contribution in [0, 0.1) is 0 Å². The van der Waals surface area contributed by atoms with Crippen LogP contribution in [0.2, 0.25) is 0 Å². The molecule has 2 N–H and O–H groups in total. The highest BCUT2D eigenvalue weighted by Gasteiger charge is 2.24. The fourth-order valence-corrected chi connectivity index (χ4v) is 2.58. The number of β-lactam (4-membered cyclic amide) rings is 1. The van der Waals surface area contributed by atoms with Crippen molar-refractivity contribution in [3.8, 4) is 0 Å². The molecule has 3 rings (SSSR count). The molecule has 1 fully saturated rings. The van der Waals surface area contributed by atoms with Crippen molar-refractivity contribution in [2.45, 2.75) is 25.9 Å². The van der Waals surface area contributed by atoms with E-state index >= 15 is 0 Å². The lowest BCUT2D eigenvalue weighted by atomic mass is 10.1. The van der Waals surface area contributed by atoms with Gasteiger partial charge < -0.3 is 15.5 Å². The average Bonchev–Trinajstić information content (AvgIpc) is 2.60. The molecule has 1 unspecified atom stereocenters. The van der Waals surface area contributed by atoms with Gasteiger partial charge in [0, 0.05) is 30.9 Å². The minimum absolute atomic E-state index is 0.0548. The molecule has 2 aromatic rings. The van der Waals surface area contributed by atoms with Crippen LogP contribution in [0.1, 0.15) is 18.9 Å². The molecule has 1 saturated heterocycles. The Labute approximate surface area is 141 Å². The third-order valence-electron chi connectivity index (χ3n) is 4.12. The fraction of sp³-hybridized carbons (Fsp3) is 0.263. The van der Waals surface area contributed by atoms with Crippen molar-refractivity contribution in [3.05, 3.63) is 60.2 Å². The topological polar surface area (TPSA) is 61.4 Å². The molecule has 124 valence electrons. The molecule has 24 heavy (non-hydrogen) atoms. The molecule has 1 heterocycles. The summed E-state index contributed by atoms with van der Waals surface area (Å²) in [6.07, 6.45) is 0.624. The Morgan fingerprint density at radius 3 is 2.42 bits per heavy atom. The monoisotopic (exact) mass is 323 g/mol. The molecule has 2 aromatic carbocycles. The van der Waals surface area contributed by atoms with E-state index in [2.05, 4.69) is 10.6 Å². The number of carbonyl (C=O) groups excluding carboxylic acids is 2. The molecule has 1 aliphatic heterocycles. The van der Waals surface area contributed by atoms with Crippen molar-refractivity contribution in [2.75, 3.05) is 16.8 Å². The highest BCUT2D eigenvalue weighted by atomic mass is 16.2. The van der Waals surface area contributed by atoms with E-state index in [0.29, 0.717) is 13.0 Å². The van der Waals surface area contributed by atoms with Crippen LogP contribution < -0.4 is 15.5 Å². The van der Waals surface area contributed by atoms with Gasteiger partial charge in [0.2, 0.25) is 11.8 Å². The number of carbonyl (C=O) groups is 2. The summed E-state index contributed by atoms with van der Waals surface area (Å²) < 4.78 is 0. The number of nitrogens with zero attached hydrogens (tertiary/aromatic N) is 1. The molecule has 0 bridgehead atoms. The van der Waals surface area contributed by atoms with E-state index in [4.69, 9.17) is 0 Å².